The van der Waals surface area contributed by atoms with Crippen LogP contribution in [-0.2, 0) is 6.42 Å². The summed E-state index contributed by atoms with van der Waals surface area (Å²) in [6.45, 7) is 4.39. The zero-order chi connectivity index (χ0) is 14.8. The van der Waals surface area contributed by atoms with E-state index in [2.05, 4.69) is 42.7 Å². The number of anilines is 1. The maximum absolute atomic E-state index is 6.42. The third-order valence-corrected chi connectivity index (χ3v) is 4.50. The van der Waals surface area contributed by atoms with Crippen LogP contribution < -0.4 is 5.73 Å². The maximum atomic E-state index is 6.42. The van der Waals surface area contributed by atoms with E-state index in [-0.39, 0.29) is 0 Å². The molecule has 0 unspecified atom stereocenters. The minimum Gasteiger partial charge on any atom is -0.384 e. The van der Waals surface area contributed by atoms with Crippen LogP contribution in [0.3, 0.4) is 0 Å². The number of hydrogen-bond acceptors (Lipinski definition) is 2. The van der Waals surface area contributed by atoms with E-state index >= 15 is 0 Å². The average Bonchev–Trinajstić information content (AvgIpc) is 3.09. The van der Waals surface area contributed by atoms with Crippen molar-refractivity contribution >= 4 is 5.82 Å². The fraction of sp³-hybridized carbons (Fsp3) is 0.500. The zero-order valence-corrected chi connectivity index (χ0v) is 13.0. The minimum atomic E-state index is 0.373. The van der Waals surface area contributed by atoms with Gasteiger partial charge in [0.05, 0.1) is 5.69 Å². The van der Waals surface area contributed by atoms with E-state index in [4.69, 9.17) is 10.7 Å². The van der Waals surface area contributed by atoms with Gasteiger partial charge in [-0.2, -0.15) is 0 Å². The van der Waals surface area contributed by atoms with Crippen LogP contribution >= 0.6 is 0 Å². The first kappa shape index (κ1) is 14.2. The lowest BCUT2D eigenvalue weighted by Gasteiger charge is -2.17. The van der Waals surface area contributed by atoms with Crippen LogP contribution in [0.25, 0.3) is 0 Å². The molecule has 1 aliphatic rings. The Kier molecular flexibility index (Phi) is 4.00. The molecule has 0 saturated heterocycles. The molecule has 1 aromatic heterocycles. The quantitative estimate of drug-likeness (QED) is 0.909. The lowest BCUT2D eigenvalue weighted by molar-refractivity contribution is 0.534. The van der Waals surface area contributed by atoms with E-state index in [1.165, 1.54) is 37.1 Å². The van der Waals surface area contributed by atoms with Gasteiger partial charge in [0.2, 0.25) is 0 Å². The molecule has 2 aromatic rings. The molecule has 0 bridgehead atoms. The fourth-order valence-corrected chi connectivity index (χ4v) is 3.45. The van der Waals surface area contributed by atoms with E-state index in [1.54, 1.807) is 0 Å². The molecule has 1 aromatic carbocycles. The van der Waals surface area contributed by atoms with Crippen LogP contribution in [-0.4, -0.2) is 9.55 Å². The monoisotopic (exact) mass is 283 g/mol. The number of hydrogen-bond donors (Lipinski definition) is 1. The van der Waals surface area contributed by atoms with Crippen molar-refractivity contribution in [2.24, 2.45) is 0 Å². The van der Waals surface area contributed by atoms with Gasteiger partial charge in [-0.3, -0.25) is 0 Å². The number of benzene rings is 1. The molecular weight excluding hydrogens is 258 g/mol. The van der Waals surface area contributed by atoms with Crippen molar-refractivity contribution in [3.05, 3.63) is 47.4 Å². The Hall–Kier alpha value is -1.77. The highest BCUT2D eigenvalue weighted by molar-refractivity contribution is 5.42. The van der Waals surface area contributed by atoms with Gasteiger partial charge in [-0.05, 0) is 32.3 Å². The van der Waals surface area contributed by atoms with Crippen LogP contribution in [0.2, 0.25) is 0 Å². The van der Waals surface area contributed by atoms with Crippen LogP contribution in [0.4, 0.5) is 5.82 Å². The number of nitrogens with zero attached hydrogens (tertiary/aromatic N) is 2. The average molecular weight is 283 g/mol. The second kappa shape index (κ2) is 5.92. The lowest BCUT2D eigenvalue weighted by Crippen LogP contribution is -2.12. The van der Waals surface area contributed by atoms with Gasteiger partial charge >= 0.3 is 0 Å². The van der Waals surface area contributed by atoms with Gasteiger partial charge in [0.15, 0.2) is 0 Å². The molecule has 1 heterocycles. The second-order valence-electron chi connectivity index (χ2n) is 6.41. The van der Waals surface area contributed by atoms with Gasteiger partial charge in [0, 0.05) is 18.4 Å². The molecular formula is C18H25N3. The molecule has 1 saturated carbocycles. The first-order valence-corrected chi connectivity index (χ1v) is 8.07. The number of nitrogens with two attached hydrogens (primary N) is 1. The molecule has 1 fully saturated rings. The van der Waals surface area contributed by atoms with Crippen molar-refractivity contribution in [3.8, 4) is 0 Å². The van der Waals surface area contributed by atoms with Crippen LogP contribution in [0, 0.1) is 0 Å². The number of aromatic nitrogens is 2. The Balaban J connectivity index is 1.95. The van der Waals surface area contributed by atoms with Crippen molar-refractivity contribution in [2.45, 2.75) is 57.9 Å². The molecule has 0 atom stereocenters. The Labute approximate surface area is 127 Å². The zero-order valence-electron chi connectivity index (χ0n) is 13.0. The van der Waals surface area contributed by atoms with Crippen molar-refractivity contribution in [1.29, 1.82) is 0 Å². The molecule has 21 heavy (non-hydrogen) atoms. The van der Waals surface area contributed by atoms with E-state index in [0.717, 1.165) is 17.9 Å². The largest absolute Gasteiger partial charge is 0.384 e. The predicted molar refractivity (Wildman–Crippen MR) is 87.5 cm³/mol. The highest BCUT2D eigenvalue weighted by Crippen LogP contribution is 2.36. The summed E-state index contributed by atoms with van der Waals surface area (Å²) in [6.07, 6.45) is 5.99. The van der Waals surface area contributed by atoms with Gasteiger partial charge < -0.3 is 10.3 Å². The normalized spacial score (nSPS) is 16.0. The molecule has 1 aliphatic carbocycles. The van der Waals surface area contributed by atoms with Gasteiger partial charge in [0.25, 0.3) is 0 Å². The maximum Gasteiger partial charge on any atom is 0.127 e. The second-order valence-corrected chi connectivity index (χ2v) is 6.41. The van der Waals surface area contributed by atoms with Crippen LogP contribution in [0.5, 0.6) is 0 Å². The van der Waals surface area contributed by atoms with Crippen LogP contribution in [0.1, 0.15) is 68.6 Å². The molecule has 0 amide bonds. The smallest absolute Gasteiger partial charge is 0.127 e. The Morgan fingerprint density at radius 2 is 1.86 bits per heavy atom. The van der Waals surface area contributed by atoms with Crippen molar-refractivity contribution in [2.75, 3.05) is 5.73 Å². The van der Waals surface area contributed by atoms with Crippen LogP contribution in [0.15, 0.2) is 30.3 Å². The molecule has 112 valence electrons. The van der Waals surface area contributed by atoms with Crippen molar-refractivity contribution in [3.63, 3.8) is 0 Å². The summed E-state index contributed by atoms with van der Waals surface area (Å²) in [7, 11) is 0. The number of rotatable bonds is 4. The molecule has 3 rings (SSSR count). The van der Waals surface area contributed by atoms with Gasteiger partial charge in [-0.25, -0.2) is 4.98 Å². The van der Waals surface area contributed by atoms with Gasteiger partial charge in [0.1, 0.15) is 11.6 Å². The molecule has 0 spiro atoms. The Morgan fingerprint density at radius 1 is 1.19 bits per heavy atom. The summed E-state index contributed by atoms with van der Waals surface area (Å²) < 4.78 is 2.26. The van der Waals surface area contributed by atoms with Crippen molar-refractivity contribution in [1.82, 2.24) is 9.55 Å². The summed E-state index contributed by atoms with van der Waals surface area (Å²) in [5.74, 6) is 2.67. The summed E-state index contributed by atoms with van der Waals surface area (Å²) in [5.41, 5.74) is 8.73. The molecule has 0 aliphatic heterocycles. The predicted octanol–water partition coefficient (Wildman–Crippen LogP) is 4.29. The standard InChI is InChI=1S/C18H25N3/c1-13(2)21-17(19)16(12-14-8-4-3-5-9-14)20-18(21)15-10-6-7-11-15/h3-5,8-9,13,15H,6-7,10-12,19H2,1-2H3. The van der Waals surface area contributed by atoms with Crippen molar-refractivity contribution < 1.29 is 0 Å². The topological polar surface area (TPSA) is 43.8 Å². The van der Waals surface area contributed by atoms with E-state index in [0.29, 0.717) is 12.0 Å². The molecule has 0 radical (unpaired) electrons. The fourth-order valence-electron chi connectivity index (χ4n) is 3.45. The highest BCUT2D eigenvalue weighted by Gasteiger charge is 2.26. The summed E-state index contributed by atoms with van der Waals surface area (Å²) >= 11 is 0. The highest BCUT2D eigenvalue weighted by atomic mass is 15.2. The third-order valence-electron chi connectivity index (χ3n) is 4.50. The van der Waals surface area contributed by atoms with Gasteiger partial charge in [-0.15, -0.1) is 0 Å². The summed E-state index contributed by atoms with van der Waals surface area (Å²) in [6, 6.07) is 10.8. The molecule has 3 nitrogen and oxygen atoms in total. The summed E-state index contributed by atoms with van der Waals surface area (Å²) in [5, 5.41) is 0. The SMILES string of the molecule is CC(C)n1c(C2CCCC2)nc(Cc2ccccc2)c1N. The molecule has 2 N–H and O–H groups in total. The Bertz CT molecular complexity index is 592. The number of imidazole rings is 1. The number of nitrogen functional groups attached to an aromatic ring is 1. The summed E-state index contributed by atoms with van der Waals surface area (Å²) in [4.78, 5) is 4.95. The van der Waals surface area contributed by atoms with Gasteiger partial charge in [-0.1, -0.05) is 43.2 Å². The lowest BCUT2D eigenvalue weighted by atomic mass is 10.1. The first-order chi connectivity index (χ1) is 10.2. The van der Waals surface area contributed by atoms with E-state index in [1.807, 2.05) is 6.07 Å². The minimum absolute atomic E-state index is 0.373. The molecule has 3 heteroatoms. The Morgan fingerprint density at radius 3 is 2.48 bits per heavy atom. The van der Waals surface area contributed by atoms with E-state index in [9.17, 15) is 0 Å². The van der Waals surface area contributed by atoms with E-state index < -0.39 is 0 Å². The third kappa shape index (κ3) is 2.82. The first-order valence-electron chi connectivity index (χ1n) is 8.07.